The lowest BCUT2D eigenvalue weighted by atomic mass is 10.1. The number of rotatable bonds is 3. The monoisotopic (exact) mass is 310 g/mol. The lowest BCUT2D eigenvalue weighted by Gasteiger charge is -2.35. The molecule has 1 aliphatic carbocycles. The molecule has 0 bridgehead atoms. The van der Waals surface area contributed by atoms with E-state index in [0.717, 1.165) is 35.8 Å². The van der Waals surface area contributed by atoms with Gasteiger partial charge < -0.3 is 15.0 Å². The van der Waals surface area contributed by atoms with Crippen molar-refractivity contribution in [2.45, 2.75) is 18.9 Å². The third-order valence-electron chi connectivity index (χ3n) is 3.90. The van der Waals surface area contributed by atoms with Crippen LogP contribution in [0.5, 0.6) is 5.75 Å². The SMILES string of the molecule is COc1ccc(N2CCNC(C3CC3)C2)cc1Br. The van der Waals surface area contributed by atoms with Crippen LogP contribution in [0.3, 0.4) is 0 Å². The van der Waals surface area contributed by atoms with Gasteiger partial charge in [0.1, 0.15) is 5.75 Å². The Morgan fingerprint density at radius 2 is 2.22 bits per heavy atom. The van der Waals surface area contributed by atoms with E-state index >= 15 is 0 Å². The van der Waals surface area contributed by atoms with Crippen molar-refractivity contribution < 1.29 is 4.74 Å². The second-order valence-corrected chi connectivity index (χ2v) is 6.02. The van der Waals surface area contributed by atoms with Crippen LogP contribution in [-0.2, 0) is 0 Å². The summed E-state index contributed by atoms with van der Waals surface area (Å²) in [5.74, 6) is 1.81. The number of nitrogens with one attached hydrogen (secondary N) is 1. The number of hydrogen-bond acceptors (Lipinski definition) is 3. The van der Waals surface area contributed by atoms with E-state index in [4.69, 9.17) is 4.74 Å². The van der Waals surface area contributed by atoms with Gasteiger partial charge in [-0.15, -0.1) is 0 Å². The first-order valence-electron chi connectivity index (χ1n) is 6.60. The van der Waals surface area contributed by atoms with Crippen LogP contribution in [0.25, 0.3) is 0 Å². The summed E-state index contributed by atoms with van der Waals surface area (Å²) < 4.78 is 6.31. The summed E-state index contributed by atoms with van der Waals surface area (Å²) >= 11 is 3.56. The number of piperazine rings is 1. The van der Waals surface area contributed by atoms with E-state index in [1.165, 1.54) is 18.5 Å². The lowest BCUT2D eigenvalue weighted by Crippen LogP contribution is -2.51. The van der Waals surface area contributed by atoms with Gasteiger partial charge in [0.2, 0.25) is 0 Å². The molecular weight excluding hydrogens is 292 g/mol. The van der Waals surface area contributed by atoms with Crippen LogP contribution in [0.1, 0.15) is 12.8 Å². The molecular formula is C14H19BrN2O. The fourth-order valence-electron chi connectivity index (χ4n) is 2.68. The Kier molecular flexibility index (Phi) is 3.48. The highest BCUT2D eigenvalue weighted by atomic mass is 79.9. The minimum Gasteiger partial charge on any atom is -0.496 e. The number of nitrogens with zero attached hydrogens (tertiary/aromatic N) is 1. The largest absolute Gasteiger partial charge is 0.496 e. The lowest BCUT2D eigenvalue weighted by molar-refractivity contribution is 0.410. The Bertz CT molecular complexity index is 434. The standard InChI is InChI=1S/C14H19BrN2O/c1-18-14-5-4-11(8-12(14)15)17-7-6-16-13(9-17)10-2-3-10/h4-5,8,10,13,16H,2-3,6-7,9H2,1H3. The maximum atomic E-state index is 5.28. The van der Waals surface area contributed by atoms with Gasteiger partial charge in [-0.05, 0) is 52.9 Å². The third-order valence-corrected chi connectivity index (χ3v) is 4.52. The molecule has 1 aliphatic heterocycles. The normalized spacial score (nSPS) is 24.1. The topological polar surface area (TPSA) is 24.5 Å². The molecule has 98 valence electrons. The van der Waals surface area contributed by atoms with Crippen molar-refractivity contribution in [2.24, 2.45) is 5.92 Å². The summed E-state index contributed by atoms with van der Waals surface area (Å²) in [5.41, 5.74) is 1.29. The number of benzene rings is 1. The molecule has 1 unspecified atom stereocenters. The zero-order chi connectivity index (χ0) is 12.5. The average Bonchev–Trinajstić information content (AvgIpc) is 3.23. The molecule has 1 aromatic rings. The molecule has 0 radical (unpaired) electrons. The highest BCUT2D eigenvalue weighted by molar-refractivity contribution is 9.10. The first kappa shape index (κ1) is 12.3. The van der Waals surface area contributed by atoms with Crippen LogP contribution >= 0.6 is 15.9 Å². The van der Waals surface area contributed by atoms with Gasteiger partial charge in [-0.3, -0.25) is 0 Å². The van der Waals surface area contributed by atoms with E-state index < -0.39 is 0 Å². The molecule has 1 heterocycles. The highest BCUT2D eigenvalue weighted by Crippen LogP contribution is 2.35. The van der Waals surface area contributed by atoms with Gasteiger partial charge >= 0.3 is 0 Å². The summed E-state index contributed by atoms with van der Waals surface area (Å²) in [6, 6.07) is 7.03. The fraction of sp³-hybridized carbons (Fsp3) is 0.571. The van der Waals surface area contributed by atoms with Gasteiger partial charge in [-0.25, -0.2) is 0 Å². The fourth-order valence-corrected chi connectivity index (χ4v) is 3.21. The molecule has 1 aromatic carbocycles. The first-order chi connectivity index (χ1) is 8.78. The molecule has 0 amide bonds. The highest BCUT2D eigenvalue weighted by Gasteiger charge is 2.34. The Morgan fingerprint density at radius 3 is 2.89 bits per heavy atom. The molecule has 1 N–H and O–H groups in total. The van der Waals surface area contributed by atoms with Crippen molar-refractivity contribution in [1.82, 2.24) is 5.32 Å². The predicted molar refractivity (Wildman–Crippen MR) is 77.4 cm³/mol. The third kappa shape index (κ3) is 2.50. The quantitative estimate of drug-likeness (QED) is 0.929. The van der Waals surface area contributed by atoms with E-state index in [9.17, 15) is 0 Å². The van der Waals surface area contributed by atoms with E-state index in [1.807, 2.05) is 6.07 Å². The number of hydrogen-bond donors (Lipinski definition) is 1. The Morgan fingerprint density at radius 1 is 1.39 bits per heavy atom. The number of ether oxygens (including phenoxy) is 1. The first-order valence-corrected chi connectivity index (χ1v) is 7.39. The van der Waals surface area contributed by atoms with Crippen LogP contribution in [0.4, 0.5) is 5.69 Å². The number of halogens is 1. The van der Waals surface area contributed by atoms with Gasteiger partial charge in [0.05, 0.1) is 11.6 Å². The van der Waals surface area contributed by atoms with Gasteiger partial charge in [0.25, 0.3) is 0 Å². The van der Waals surface area contributed by atoms with Crippen molar-refractivity contribution in [2.75, 3.05) is 31.6 Å². The van der Waals surface area contributed by atoms with Crippen molar-refractivity contribution in [3.8, 4) is 5.75 Å². The Balaban J connectivity index is 1.74. The summed E-state index contributed by atoms with van der Waals surface area (Å²) in [4.78, 5) is 2.48. The average molecular weight is 311 g/mol. The Hall–Kier alpha value is -0.740. The van der Waals surface area contributed by atoms with Crippen LogP contribution in [0.2, 0.25) is 0 Å². The van der Waals surface area contributed by atoms with E-state index in [2.05, 4.69) is 38.3 Å². The molecule has 0 spiro atoms. The Labute approximate surface area is 117 Å². The van der Waals surface area contributed by atoms with Crippen molar-refractivity contribution in [3.63, 3.8) is 0 Å². The van der Waals surface area contributed by atoms with Crippen molar-refractivity contribution in [3.05, 3.63) is 22.7 Å². The summed E-state index contributed by atoms with van der Waals surface area (Å²) in [6.07, 6.45) is 2.80. The molecule has 2 aliphatic rings. The van der Waals surface area contributed by atoms with Gasteiger partial charge in [-0.1, -0.05) is 0 Å². The van der Waals surface area contributed by atoms with Crippen LogP contribution < -0.4 is 15.0 Å². The van der Waals surface area contributed by atoms with E-state index in [0.29, 0.717) is 6.04 Å². The number of anilines is 1. The van der Waals surface area contributed by atoms with Gasteiger partial charge in [0, 0.05) is 31.4 Å². The van der Waals surface area contributed by atoms with Crippen LogP contribution in [0, 0.1) is 5.92 Å². The minimum atomic E-state index is 0.680. The summed E-state index contributed by atoms with van der Waals surface area (Å²) in [6.45, 7) is 3.30. The molecule has 3 rings (SSSR count). The molecule has 3 nitrogen and oxygen atoms in total. The van der Waals surface area contributed by atoms with Gasteiger partial charge in [-0.2, -0.15) is 0 Å². The summed E-state index contributed by atoms with van der Waals surface area (Å²) in [5, 5.41) is 3.64. The molecule has 1 saturated carbocycles. The molecule has 18 heavy (non-hydrogen) atoms. The van der Waals surface area contributed by atoms with E-state index in [-0.39, 0.29) is 0 Å². The smallest absolute Gasteiger partial charge is 0.133 e. The van der Waals surface area contributed by atoms with Crippen LogP contribution in [-0.4, -0.2) is 32.8 Å². The number of methoxy groups -OCH3 is 1. The zero-order valence-corrected chi connectivity index (χ0v) is 12.2. The molecule has 2 fully saturated rings. The van der Waals surface area contributed by atoms with Crippen LogP contribution in [0.15, 0.2) is 22.7 Å². The minimum absolute atomic E-state index is 0.680. The molecule has 0 aromatic heterocycles. The molecule has 1 atom stereocenters. The van der Waals surface area contributed by atoms with Gasteiger partial charge in [0.15, 0.2) is 0 Å². The summed E-state index contributed by atoms with van der Waals surface area (Å²) in [7, 11) is 1.70. The zero-order valence-electron chi connectivity index (χ0n) is 10.7. The second kappa shape index (κ2) is 5.10. The predicted octanol–water partition coefficient (Wildman–Crippen LogP) is 2.65. The van der Waals surface area contributed by atoms with Crippen molar-refractivity contribution >= 4 is 21.6 Å². The second-order valence-electron chi connectivity index (χ2n) is 5.16. The molecule has 1 saturated heterocycles. The maximum absolute atomic E-state index is 5.28. The molecule has 4 heteroatoms. The van der Waals surface area contributed by atoms with Crippen molar-refractivity contribution in [1.29, 1.82) is 0 Å². The van der Waals surface area contributed by atoms with E-state index in [1.54, 1.807) is 7.11 Å². The maximum Gasteiger partial charge on any atom is 0.133 e.